The van der Waals surface area contributed by atoms with Crippen molar-refractivity contribution in [2.45, 2.75) is 39.2 Å². The molecule has 0 aliphatic heterocycles. The van der Waals surface area contributed by atoms with E-state index < -0.39 is 18.1 Å². The number of pyridine rings is 2. The standard InChI is InChI=1S/C20H25F2N3O4/c1-12(9-20(2,3)25-19(26)27)11-29-17-10-24-14(8-16(17)28-4)13-5-6-23-15(7-13)18(21)22/h5-8,10,12,18,25H,9,11H2,1-4H3,(H,26,27). The second-order valence-corrected chi connectivity index (χ2v) is 7.42. The van der Waals surface area contributed by atoms with Gasteiger partial charge in [-0.15, -0.1) is 0 Å². The van der Waals surface area contributed by atoms with E-state index in [1.54, 1.807) is 26.0 Å². The molecule has 0 saturated heterocycles. The molecule has 0 bridgehead atoms. The number of ether oxygens (including phenoxy) is 2. The number of hydrogen-bond acceptors (Lipinski definition) is 5. The van der Waals surface area contributed by atoms with E-state index in [1.807, 2.05) is 6.92 Å². The Labute approximate surface area is 168 Å². The highest BCUT2D eigenvalue weighted by Gasteiger charge is 2.23. The first-order valence-electron chi connectivity index (χ1n) is 9.03. The third-order valence-electron chi connectivity index (χ3n) is 4.18. The summed E-state index contributed by atoms with van der Waals surface area (Å²) >= 11 is 0. The minimum Gasteiger partial charge on any atom is -0.493 e. The SMILES string of the molecule is COc1cc(-c2ccnc(C(F)F)c2)ncc1OCC(C)CC(C)(C)NC(=O)O. The number of halogens is 2. The molecule has 2 N–H and O–H groups in total. The van der Waals surface area contributed by atoms with Gasteiger partial charge in [-0.25, -0.2) is 13.6 Å². The van der Waals surface area contributed by atoms with Gasteiger partial charge in [-0.2, -0.15) is 0 Å². The highest BCUT2D eigenvalue weighted by atomic mass is 19.3. The predicted octanol–water partition coefficient (Wildman–Crippen LogP) is 4.54. The van der Waals surface area contributed by atoms with Crippen LogP contribution in [0.15, 0.2) is 30.6 Å². The summed E-state index contributed by atoms with van der Waals surface area (Å²) in [5, 5.41) is 11.4. The van der Waals surface area contributed by atoms with E-state index in [-0.39, 0.29) is 11.6 Å². The van der Waals surface area contributed by atoms with Gasteiger partial charge in [0.1, 0.15) is 5.69 Å². The zero-order valence-corrected chi connectivity index (χ0v) is 16.8. The minimum atomic E-state index is -2.67. The maximum absolute atomic E-state index is 12.9. The molecule has 9 heteroatoms. The molecule has 1 amide bonds. The highest BCUT2D eigenvalue weighted by molar-refractivity contribution is 5.65. The predicted molar refractivity (Wildman–Crippen MR) is 103 cm³/mol. The van der Waals surface area contributed by atoms with E-state index in [1.165, 1.54) is 25.6 Å². The van der Waals surface area contributed by atoms with Crippen LogP contribution >= 0.6 is 0 Å². The molecule has 1 unspecified atom stereocenters. The molecule has 158 valence electrons. The summed E-state index contributed by atoms with van der Waals surface area (Å²) in [4.78, 5) is 18.8. The van der Waals surface area contributed by atoms with E-state index in [2.05, 4.69) is 15.3 Å². The molecular formula is C20H25F2N3O4. The Morgan fingerprint density at radius 3 is 2.62 bits per heavy atom. The fraction of sp³-hybridized carbons (Fsp3) is 0.450. The molecule has 2 aromatic heterocycles. The summed E-state index contributed by atoms with van der Waals surface area (Å²) in [6.07, 6.45) is -0.384. The molecule has 2 heterocycles. The number of methoxy groups -OCH3 is 1. The van der Waals surface area contributed by atoms with Crippen LogP contribution in [0.3, 0.4) is 0 Å². The lowest BCUT2D eigenvalue weighted by molar-refractivity contribution is 0.146. The van der Waals surface area contributed by atoms with Gasteiger partial charge in [0.2, 0.25) is 0 Å². The number of aromatic nitrogens is 2. The summed E-state index contributed by atoms with van der Waals surface area (Å²) in [5.74, 6) is 0.880. The van der Waals surface area contributed by atoms with Gasteiger partial charge < -0.3 is 19.9 Å². The maximum atomic E-state index is 12.9. The van der Waals surface area contributed by atoms with Crippen molar-refractivity contribution in [1.82, 2.24) is 15.3 Å². The molecule has 29 heavy (non-hydrogen) atoms. The molecule has 0 fully saturated rings. The number of alkyl halides is 2. The first-order valence-corrected chi connectivity index (χ1v) is 9.03. The Kier molecular flexibility index (Phi) is 7.30. The van der Waals surface area contributed by atoms with Crippen molar-refractivity contribution in [3.05, 3.63) is 36.3 Å². The van der Waals surface area contributed by atoms with Crippen molar-refractivity contribution < 1.29 is 28.2 Å². The summed E-state index contributed by atoms with van der Waals surface area (Å²) in [5.41, 5.74) is 0.0354. The van der Waals surface area contributed by atoms with Crippen molar-refractivity contribution in [1.29, 1.82) is 0 Å². The van der Waals surface area contributed by atoms with E-state index >= 15 is 0 Å². The van der Waals surface area contributed by atoms with Crippen LogP contribution in [0.4, 0.5) is 13.6 Å². The lowest BCUT2D eigenvalue weighted by Crippen LogP contribution is -2.44. The first kappa shape index (κ1) is 22.3. The van der Waals surface area contributed by atoms with Crippen molar-refractivity contribution >= 4 is 6.09 Å². The van der Waals surface area contributed by atoms with Crippen LogP contribution in [0, 0.1) is 5.92 Å². The van der Waals surface area contributed by atoms with Crippen LogP contribution < -0.4 is 14.8 Å². The van der Waals surface area contributed by atoms with Crippen LogP contribution in [0.5, 0.6) is 11.5 Å². The second kappa shape index (κ2) is 9.49. The van der Waals surface area contributed by atoms with Gasteiger partial charge in [0.05, 0.1) is 25.6 Å². The number of carbonyl (C=O) groups is 1. The number of nitrogens with one attached hydrogen (secondary N) is 1. The Morgan fingerprint density at radius 2 is 2.00 bits per heavy atom. The third kappa shape index (κ3) is 6.55. The Bertz CT molecular complexity index is 846. The molecule has 0 radical (unpaired) electrons. The van der Waals surface area contributed by atoms with Gasteiger partial charge in [0, 0.05) is 23.4 Å². The lowest BCUT2D eigenvalue weighted by Gasteiger charge is -2.28. The lowest BCUT2D eigenvalue weighted by atomic mass is 9.92. The fourth-order valence-corrected chi connectivity index (χ4v) is 3.08. The number of nitrogens with zero attached hydrogens (tertiary/aromatic N) is 2. The summed E-state index contributed by atoms with van der Waals surface area (Å²) in [6.45, 7) is 5.88. The zero-order valence-electron chi connectivity index (χ0n) is 16.8. The summed E-state index contributed by atoms with van der Waals surface area (Å²) in [6, 6.07) is 4.49. The van der Waals surface area contributed by atoms with Crippen molar-refractivity contribution in [3.63, 3.8) is 0 Å². The molecule has 2 rings (SSSR count). The van der Waals surface area contributed by atoms with Crippen LogP contribution in [0.1, 0.15) is 39.3 Å². The van der Waals surface area contributed by atoms with Crippen molar-refractivity contribution in [2.75, 3.05) is 13.7 Å². The number of carboxylic acid groups (broad SMARTS) is 1. The Hall–Kier alpha value is -2.97. The van der Waals surface area contributed by atoms with Gasteiger partial charge in [-0.1, -0.05) is 6.92 Å². The largest absolute Gasteiger partial charge is 0.493 e. The van der Waals surface area contributed by atoms with Crippen LogP contribution in [-0.2, 0) is 0 Å². The molecule has 7 nitrogen and oxygen atoms in total. The van der Waals surface area contributed by atoms with Gasteiger partial charge in [-0.05, 0) is 38.3 Å². The van der Waals surface area contributed by atoms with Crippen LogP contribution in [0.25, 0.3) is 11.3 Å². The van der Waals surface area contributed by atoms with Gasteiger partial charge in [0.15, 0.2) is 11.5 Å². The molecule has 0 aliphatic carbocycles. The molecule has 0 spiro atoms. The average molecular weight is 409 g/mol. The average Bonchev–Trinajstić information content (AvgIpc) is 2.64. The van der Waals surface area contributed by atoms with Gasteiger partial charge in [-0.3, -0.25) is 9.97 Å². The quantitative estimate of drug-likeness (QED) is 0.632. The Balaban J connectivity index is 2.09. The third-order valence-corrected chi connectivity index (χ3v) is 4.18. The van der Waals surface area contributed by atoms with E-state index in [0.717, 1.165) is 0 Å². The number of hydrogen-bond donors (Lipinski definition) is 2. The Morgan fingerprint density at radius 1 is 1.28 bits per heavy atom. The van der Waals surface area contributed by atoms with Gasteiger partial charge in [0.25, 0.3) is 6.43 Å². The monoisotopic (exact) mass is 409 g/mol. The molecule has 0 aliphatic rings. The molecular weight excluding hydrogens is 384 g/mol. The normalized spacial score (nSPS) is 12.5. The fourth-order valence-electron chi connectivity index (χ4n) is 3.08. The zero-order chi connectivity index (χ0) is 21.6. The molecule has 2 aromatic rings. The second-order valence-electron chi connectivity index (χ2n) is 7.42. The minimum absolute atomic E-state index is 0.0510. The highest BCUT2D eigenvalue weighted by Crippen LogP contribution is 2.32. The van der Waals surface area contributed by atoms with E-state index in [0.29, 0.717) is 35.8 Å². The van der Waals surface area contributed by atoms with Crippen LogP contribution in [-0.4, -0.2) is 40.4 Å². The topological polar surface area (TPSA) is 93.6 Å². The van der Waals surface area contributed by atoms with E-state index in [9.17, 15) is 13.6 Å². The first-order chi connectivity index (χ1) is 13.6. The summed E-state index contributed by atoms with van der Waals surface area (Å²) < 4.78 is 36.9. The van der Waals surface area contributed by atoms with Crippen LogP contribution in [0.2, 0.25) is 0 Å². The molecule has 0 saturated carbocycles. The number of rotatable bonds is 9. The van der Waals surface area contributed by atoms with Crippen molar-refractivity contribution in [2.24, 2.45) is 5.92 Å². The smallest absolute Gasteiger partial charge is 0.405 e. The molecule has 1 atom stereocenters. The summed E-state index contributed by atoms with van der Waals surface area (Å²) in [7, 11) is 1.48. The number of amides is 1. The van der Waals surface area contributed by atoms with E-state index in [4.69, 9.17) is 14.6 Å². The van der Waals surface area contributed by atoms with Gasteiger partial charge >= 0.3 is 6.09 Å². The van der Waals surface area contributed by atoms with Crippen molar-refractivity contribution in [3.8, 4) is 22.8 Å². The maximum Gasteiger partial charge on any atom is 0.405 e. The molecule has 0 aromatic carbocycles.